The summed E-state index contributed by atoms with van der Waals surface area (Å²) in [6, 6.07) is 22.0. The molecular formula is C30H31NO2. The zero-order valence-electron chi connectivity index (χ0n) is 20.3. The molecule has 0 spiro atoms. The van der Waals surface area contributed by atoms with Crippen molar-refractivity contribution < 1.29 is 9.53 Å². The maximum atomic E-state index is 13.4. The molecule has 1 heterocycles. The zero-order valence-corrected chi connectivity index (χ0v) is 20.3. The molecule has 0 unspecified atom stereocenters. The lowest BCUT2D eigenvalue weighted by Gasteiger charge is -2.23. The van der Waals surface area contributed by atoms with Crippen molar-refractivity contribution in [2.45, 2.75) is 53.4 Å². The SMILES string of the molecule is CCC(C)(C)c1ccc(OC(=O)c2cc(-c3ccc(C)cc3)nc3c(C)cc(C)cc23)cc1. The molecule has 1 aromatic heterocycles. The molecule has 3 nitrogen and oxygen atoms in total. The Morgan fingerprint density at radius 2 is 1.55 bits per heavy atom. The lowest BCUT2D eigenvalue weighted by atomic mass is 9.82. The van der Waals surface area contributed by atoms with Crippen LogP contribution in [0.2, 0.25) is 0 Å². The highest BCUT2D eigenvalue weighted by atomic mass is 16.5. The average molecular weight is 438 g/mol. The van der Waals surface area contributed by atoms with E-state index in [9.17, 15) is 4.79 Å². The van der Waals surface area contributed by atoms with Gasteiger partial charge in [-0.3, -0.25) is 0 Å². The van der Waals surface area contributed by atoms with Gasteiger partial charge < -0.3 is 4.74 Å². The molecule has 0 amide bonds. The highest BCUT2D eigenvalue weighted by molar-refractivity contribution is 6.06. The fourth-order valence-corrected chi connectivity index (χ4v) is 4.06. The smallest absolute Gasteiger partial charge is 0.344 e. The highest BCUT2D eigenvalue weighted by Crippen LogP contribution is 2.31. The van der Waals surface area contributed by atoms with Crippen molar-refractivity contribution in [1.29, 1.82) is 0 Å². The Kier molecular flexibility index (Phi) is 6.07. The largest absolute Gasteiger partial charge is 0.423 e. The second-order valence-electron chi connectivity index (χ2n) is 9.55. The minimum Gasteiger partial charge on any atom is -0.423 e. The first-order valence-electron chi connectivity index (χ1n) is 11.5. The van der Waals surface area contributed by atoms with Gasteiger partial charge >= 0.3 is 5.97 Å². The molecule has 0 atom stereocenters. The molecule has 0 aliphatic carbocycles. The average Bonchev–Trinajstić information content (AvgIpc) is 2.79. The summed E-state index contributed by atoms with van der Waals surface area (Å²) in [4.78, 5) is 18.3. The second kappa shape index (κ2) is 8.82. The van der Waals surface area contributed by atoms with Crippen LogP contribution >= 0.6 is 0 Å². The van der Waals surface area contributed by atoms with E-state index in [0.717, 1.165) is 39.7 Å². The lowest BCUT2D eigenvalue weighted by Crippen LogP contribution is -2.15. The van der Waals surface area contributed by atoms with Crippen LogP contribution in [0.4, 0.5) is 0 Å². The Morgan fingerprint density at radius 1 is 0.879 bits per heavy atom. The van der Waals surface area contributed by atoms with E-state index in [0.29, 0.717) is 11.3 Å². The number of rotatable bonds is 5. The first-order valence-corrected chi connectivity index (χ1v) is 11.5. The summed E-state index contributed by atoms with van der Waals surface area (Å²) in [6.45, 7) is 12.7. The number of ether oxygens (including phenoxy) is 1. The van der Waals surface area contributed by atoms with Crippen LogP contribution in [0.1, 0.15) is 59.8 Å². The van der Waals surface area contributed by atoms with Gasteiger partial charge in [-0.2, -0.15) is 0 Å². The molecule has 33 heavy (non-hydrogen) atoms. The summed E-state index contributed by atoms with van der Waals surface area (Å²) >= 11 is 0. The molecule has 0 saturated carbocycles. The molecule has 0 fully saturated rings. The van der Waals surface area contributed by atoms with Crippen molar-refractivity contribution >= 4 is 16.9 Å². The van der Waals surface area contributed by atoms with Crippen LogP contribution in [0.25, 0.3) is 22.2 Å². The fraction of sp³-hybridized carbons (Fsp3) is 0.267. The molecular weight excluding hydrogens is 406 g/mol. The molecule has 4 rings (SSSR count). The number of aryl methyl sites for hydroxylation is 3. The summed E-state index contributed by atoms with van der Waals surface area (Å²) in [6.07, 6.45) is 1.04. The van der Waals surface area contributed by atoms with E-state index in [2.05, 4.69) is 45.9 Å². The molecule has 4 aromatic rings. The molecule has 0 aliphatic rings. The fourth-order valence-electron chi connectivity index (χ4n) is 4.06. The topological polar surface area (TPSA) is 39.2 Å². The maximum Gasteiger partial charge on any atom is 0.344 e. The van der Waals surface area contributed by atoms with Crippen LogP contribution in [-0.4, -0.2) is 11.0 Å². The monoisotopic (exact) mass is 437 g/mol. The number of aromatic nitrogens is 1. The van der Waals surface area contributed by atoms with Crippen molar-refractivity contribution in [3.63, 3.8) is 0 Å². The number of fused-ring (bicyclic) bond motifs is 1. The lowest BCUT2D eigenvalue weighted by molar-refractivity contribution is 0.0736. The van der Waals surface area contributed by atoms with Crippen LogP contribution < -0.4 is 4.74 Å². The number of benzene rings is 3. The van der Waals surface area contributed by atoms with Crippen molar-refractivity contribution in [3.8, 4) is 17.0 Å². The van der Waals surface area contributed by atoms with Gasteiger partial charge in [-0.25, -0.2) is 9.78 Å². The standard InChI is InChI=1S/C30H31NO2/c1-7-30(5,6)23-12-14-24(15-13-23)33-29(32)26-18-27(22-10-8-19(2)9-11-22)31-28-21(4)16-20(3)17-25(26)28/h8-18H,7H2,1-6H3. The zero-order chi connectivity index (χ0) is 23.8. The van der Waals surface area contributed by atoms with E-state index < -0.39 is 0 Å². The molecule has 168 valence electrons. The maximum absolute atomic E-state index is 13.4. The number of nitrogens with zero attached hydrogens (tertiary/aromatic N) is 1. The molecule has 3 heteroatoms. The molecule has 0 bridgehead atoms. The second-order valence-corrected chi connectivity index (χ2v) is 9.55. The van der Waals surface area contributed by atoms with Crippen molar-refractivity contribution in [3.05, 3.63) is 94.5 Å². The summed E-state index contributed by atoms with van der Waals surface area (Å²) in [5.74, 6) is 0.171. The van der Waals surface area contributed by atoms with Gasteiger partial charge in [0.25, 0.3) is 0 Å². The Balaban J connectivity index is 1.76. The number of carbonyl (C=O) groups is 1. The number of hydrogen-bond acceptors (Lipinski definition) is 3. The first-order chi connectivity index (χ1) is 15.7. The van der Waals surface area contributed by atoms with E-state index in [1.54, 1.807) is 0 Å². The predicted octanol–water partition coefficient (Wildman–Crippen LogP) is 7.73. The summed E-state index contributed by atoms with van der Waals surface area (Å²) < 4.78 is 5.83. The Labute approximate surface area is 196 Å². The third kappa shape index (κ3) is 4.68. The van der Waals surface area contributed by atoms with Gasteiger partial charge in [0.2, 0.25) is 0 Å². The minimum absolute atomic E-state index is 0.0852. The van der Waals surface area contributed by atoms with E-state index in [4.69, 9.17) is 9.72 Å². The minimum atomic E-state index is -0.372. The molecule has 0 saturated heterocycles. The number of hydrogen-bond donors (Lipinski definition) is 0. The van der Waals surface area contributed by atoms with Gasteiger partial charge in [0.1, 0.15) is 5.75 Å². The summed E-state index contributed by atoms with van der Waals surface area (Å²) in [7, 11) is 0. The van der Waals surface area contributed by atoms with Gasteiger partial charge in [-0.1, -0.05) is 74.4 Å². The Morgan fingerprint density at radius 3 is 2.18 bits per heavy atom. The summed E-state index contributed by atoms with van der Waals surface area (Å²) in [5.41, 5.74) is 7.72. The highest BCUT2D eigenvalue weighted by Gasteiger charge is 2.20. The van der Waals surface area contributed by atoms with Gasteiger partial charge in [0.05, 0.1) is 16.8 Å². The van der Waals surface area contributed by atoms with Gasteiger partial charge in [0.15, 0.2) is 0 Å². The van der Waals surface area contributed by atoms with Gasteiger partial charge in [-0.05, 0) is 68.0 Å². The number of pyridine rings is 1. The molecule has 0 aliphatic heterocycles. The molecule has 3 aromatic carbocycles. The van der Waals surface area contributed by atoms with Crippen LogP contribution in [0.5, 0.6) is 5.75 Å². The molecule has 0 radical (unpaired) electrons. The summed E-state index contributed by atoms with van der Waals surface area (Å²) in [5, 5.41) is 0.817. The van der Waals surface area contributed by atoms with Crippen molar-refractivity contribution in [2.75, 3.05) is 0 Å². The Hall–Kier alpha value is -3.46. The van der Waals surface area contributed by atoms with Crippen LogP contribution in [0, 0.1) is 20.8 Å². The normalized spacial score (nSPS) is 11.6. The van der Waals surface area contributed by atoms with E-state index in [1.807, 2.05) is 62.4 Å². The van der Waals surface area contributed by atoms with Crippen LogP contribution in [0.3, 0.4) is 0 Å². The number of carbonyl (C=O) groups excluding carboxylic acids is 1. The first kappa shape index (κ1) is 22.7. The third-order valence-corrected chi connectivity index (χ3v) is 6.55. The van der Waals surface area contributed by atoms with Crippen LogP contribution in [-0.2, 0) is 5.41 Å². The quantitative estimate of drug-likeness (QED) is 0.237. The number of esters is 1. The van der Waals surface area contributed by atoms with E-state index in [1.165, 1.54) is 11.1 Å². The van der Waals surface area contributed by atoms with Gasteiger partial charge in [-0.15, -0.1) is 0 Å². The molecule has 0 N–H and O–H groups in total. The van der Waals surface area contributed by atoms with Crippen LogP contribution in [0.15, 0.2) is 66.7 Å². The van der Waals surface area contributed by atoms with E-state index in [-0.39, 0.29) is 11.4 Å². The van der Waals surface area contributed by atoms with E-state index >= 15 is 0 Å². The third-order valence-electron chi connectivity index (χ3n) is 6.55. The Bertz CT molecular complexity index is 1320. The van der Waals surface area contributed by atoms with Crippen molar-refractivity contribution in [1.82, 2.24) is 4.98 Å². The predicted molar refractivity (Wildman–Crippen MR) is 136 cm³/mol. The van der Waals surface area contributed by atoms with Gasteiger partial charge in [0, 0.05) is 10.9 Å². The van der Waals surface area contributed by atoms with Crippen molar-refractivity contribution in [2.24, 2.45) is 0 Å².